The summed E-state index contributed by atoms with van der Waals surface area (Å²) in [7, 11) is 1.64. The number of carbonyl (C=O) groups excluding carboxylic acids is 1. The number of hydrogen-bond donors (Lipinski definition) is 1. The number of anilines is 1. The molecule has 0 spiro atoms. The molecular formula is C14H13FN4O. The van der Waals surface area contributed by atoms with Gasteiger partial charge in [-0.3, -0.25) is 19.8 Å². The Balaban J connectivity index is 2.25. The number of aryl methyl sites for hydroxylation is 1. The van der Waals surface area contributed by atoms with Crippen molar-refractivity contribution in [3.05, 3.63) is 46.9 Å². The molecule has 1 N–H and O–H groups in total. The molecule has 20 heavy (non-hydrogen) atoms. The van der Waals surface area contributed by atoms with Gasteiger partial charge in [0.15, 0.2) is 5.82 Å². The summed E-state index contributed by atoms with van der Waals surface area (Å²) in [6.07, 6.45) is 0. The molecular weight excluding hydrogens is 259 g/mol. The SMILES string of the molecule is Cc1[nH]nc2c1C(c1ccccc1F)=NCC(=O)N2C. The highest BCUT2D eigenvalue weighted by atomic mass is 19.1. The fourth-order valence-corrected chi connectivity index (χ4v) is 2.27. The molecule has 1 aliphatic heterocycles. The largest absolute Gasteiger partial charge is 0.296 e. The van der Waals surface area contributed by atoms with Crippen LogP contribution in [-0.2, 0) is 4.79 Å². The highest BCUT2D eigenvalue weighted by molar-refractivity contribution is 6.19. The van der Waals surface area contributed by atoms with Gasteiger partial charge in [-0.05, 0) is 19.1 Å². The van der Waals surface area contributed by atoms with Crippen molar-refractivity contribution < 1.29 is 9.18 Å². The molecule has 102 valence electrons. The van der Waals surface area contributed by atoms with Crippen LogP contribution in [0, 0.1) is 12.7 Å². The Kier molecular flexibility index (Phi) is 2.85. The molecule has 1 aromatic carbocycles. The van der Waals surface area contributed by atoms with E-state index in [9.17, 15) is 9.18 Å². The van der Waals surface area contributed by atoms with Crippen LogP contribution in [0.15, 0.2) is 29.3 Å². The number of fused-ring (bicyclic) bond motifs is 1. The van der Waals surface area contributed by atoms with Crippen LogP contribution in [0.3, 0.4) is 0 Å². The molecule has 2 heterocycles. The maximum atomic E-state index is 14.0. The third kappa shape index (κ3) is 1.80. The van der Waals surface area contributed by atoms with Crippen LogP contribution in [0.2, 0.25) is 0 Å². The summed E-state index contributed by atoms with van der Waals surface area (Å²) in [6.45, 7) is 1.81. The number of amides is 1. The van der Waals surface area contributed by atoms with E-state index in [0.717, 1.165) is 5.69 Å². The van der Waals surface area contributed by atoms with Crippen molar-refractivity contribution in [1.82, 2.24) is 10.2 Å². The standard InChI is InChI=1S/C14H13FN4O/c1-8-12-13(9-5-3-4-6-10(9)15)16-7-11(20)19(2)14(12)18-17-8/h3-6H,7H2,1-2H3,(H,17,18). The zero-order valence-corrected chi connectivity index (χ0v) is 11.1. The minimum absolute atomic E-state index is 0.0179. The Morgan fingerprint density at radius 2 is 2.10 bits per heavy atom. The Morgan fingerprint density at radius 1 is 1.35 bits per heavy atom. The summed E-state index contributed by atoms with van der Waals surface area (Å²) >= 11 is 0. The Bertz CT molecular complexity index is 720. The first-order valence-electron chi connectivity index (χ1n) is 6.21. The number of benzene rings is 1. The number of aromatic amines is 1. The van der Waals surface area contributed by atoms with E-state index < -0.39 is 0 Å². The molecule has 6 heteroatoms. The van der Waals surface area contributed by atoms with E-state index in [-0.39, 0.29) is 18.3 Å². The summed E-state index contributed by atoms with van der Waals surface area (Å²) < 4.78 is 14.0. The Hall–Kier alpha value is -2.50. The molecule has 0 saturated carbocycles. The fourth-order valence-electron chi connectivity index (χ4n) is 2.27. The van der Waals surface area contributed by atoms with Crippen LogP contribution in [0.5, 0.6) is 0 Å². The minimum Gasteiger partial charge on any atom is -0.296 e. The first-order chi connectivity index (χ1) is 9.59. The summed E-state index contributed by atoms with van der Waals surface area (Å²) in [6, 6.07) is 6.40. The molecule has 1 aliphatic rings. The van der Waals surface area contributed by atoms with Gasteiger partial charge in [0.25, 0.3) is 0 Å². The third-order valence-electron chi connectivity index (χ3n) is 3.36. The van der Waals surface area contributed by atoms with Gasteiger partial charge in [-0.2, -0.15) is 5.10 Å². The molecule has 0 aliphatic carbocycles. The molecule has 5 nitrogen and oxygen atoms in total. The lowest BCUT2D eigenvalue weighted by Crippen LogP contribution is -2.28. The van der Waals surface area contributed by atoms with E-state index in [2.05, 4.69) is 15.2 Å². The third-order valence-corrected chi connectivity index (χ3v) is 3.36. The maximum absolute atomic E-state index is 14.0. The number of hydrogen-bond acceptors (Lipinski definition) is 3. The second-order valence-corrected chi connectivity index (χ2v) is 4.64. The summed E-state index contributed by atoms with van der Waals surface area (Å²) in [5.41, 5.74) is 2.26. The van der Waals surface area contributed by atoms with E-state index in [1.807, 2.05) is 6.92 Å². The van der Waals surface area contributed by atoms with E-state index in [1.54, 1.807) is 25.2 Å². The highest BCUT2D eigenvalue weighted by Crippen LogP contribution is 2.27. The number of aliphatic imine (C=N–C) groups is 1. The van der Waals surface area contributed by atoms with Crippen LogP contribution in [0.1, 0.15) is 16.8 Å². The first kappa shape index (κ1) is 12.5. The molecule has 0 bridgehead atoms. The van der Waals surface area contributed by atoms with Gasteiger partial charge >= 0.3 is 0 Å². The van der Waals surface area contributed by atoms with Gasteiger partial charge in [0, 0.05) is 18.3 Å². The van der Waals surface area contributed by atoms with Crippen LogP contribution in [0.25, 0.3) is 0 Å². The summed E-state index contributed by atoms with van der Waals surface area (Å²) in [4.78, 5) is 17.6. The molecule has 0 atom stereocenters. The zero-order valence-electron chi connectivity index (χ0n) is 11.1. The topological polar surface area (TPSA) is 61.4 Å². The predicted octanol–water partition coefficient (Wildman–Crippen LogP) is 1.67. The van der Waals surface area contributed by atoms with E-state index in [0.29, 0.717) is 22.7 Å². The van der Waals surface area contributed by atoms with Crippen LogP contribution in [-0.4, -0.2) is 35.4 Å². The second kappa shape index (κ2) is 4.56. The minimum atomic E-state index is -0.366. The lowest BCUT2D eigenvalue weighted by Gasteiger charge is -2.12. The summed E-state index contributed by atoms with van der Waals surface area (Å²) in [5.74, 6) is -0.0640. The monoisotopic (exact) mass is 272 g/mol. The van der Waals surface area contributed by atoms with Gasteiger partial charge in [0.05, 0.1) is 11.3 Å². The number of halogens is 1. The van der Waals surface area contributed by atoms with Gasteiger partial charge in [0.1, 0.15) is 12.4 Å². The lowest BCUT2D eigenvalue weighted by molar-refractivity contribution is -0.116. The van der Waals surface area contributed by atoms with Crippen molar-refractivity contribution in [2.45, 2.75) is 6.92 Å². The molecule has 0 unspecified atom stereocenters. The smallest absolute Gasteiger partial charge is 0.249 e. The number of carbonyl (C=O) groups is 1. The highest BCUT2D eigenvalue weighted by Gasteiger charge is 2.27. The average molecular weight is 272 g/mol. The van der Waals surface area contributed by atoms with E-state index in [4.69, 9.17) is 0 Å². The average Bonchev–Trinajstić information content (AvgIpc) is 2.76. The normalized spacial score (nSPS) is 14.8. The number of nitrogens with zero attached hydrogens (tertiary/aromatic N) is 3. The van der Waals surface area contributed by atoms with Crippen molar-refractivity contribution >= 4 is 17.4 Å². The Morgan fingerprint density at radius 3 is 2.85 bits per heavy atom. The van der Waals surface area contributed by atoms with Crippen LogP contribution >= 0.6 is 0 Å². The molecule has 0 radical (unpaired) electrons. The number of H-pyrrole nitrogens is 1. The predicted molar refractivity (Wildman–Crippen MR) is 73.6 cm³/mol. The van der Waals surface area contributed by atoms with Gasteiger partial charge in [0.2, 0.25) is 5.91 Å². The lowest BCUT2D eigenvalue weighted by atomic mass is 10.0. The van der Waals surface area contributed by atoms with Gasteiger partial charge in [-0.15, -0.1) is 0 Å². The number of nitrogens with one attached hydrogen (secondary N) is 1. The van der Waals surface area contributed by atoms with Crippen molar-refractivity contribution in [1.29, 1.82) is 0 Å². The van der Waals surface area contributed by atoms with Gasteiger partial charge in [-0.25, -0.2) is 4.39 Å². The number of aromatic nitrogens is 2. The van der Waals surface area contributed by atoms with Crippen LogP contribution < -0.4 is 4.90 Å². The van der Waals surface area contributed by atoms with Crippen LogP contribution in [0.4, 0.5) is 10.2 Å². The molecule has 0 fully saturated rings. The van der Waals surface area contributed by atoms with Gasteiger partial charge in [-0.1, -0.05) is 12.1 Å². The van der Waals surface area contributed by atoms with Crippen molar-refractivity contribution in [3.8, 4) is 0 Å². The second-order valence-electron chi connectivity index (χ2n) is 4.64. The fraction of sp³-hybridized carbons (Fsp3) is 0.214. The molecule has 1 aromatic heterocycles. The zero-order chi connectivity index (χ0) is 14.3. The molecule has 3 rings (SSSR count). The van der Waals surface area contributed by atoms with E-state index in [1.165, 1.54) is 11.0 Å². The van der Waals surface area contributed by atoms with Crippen molar-refractivity contribution in [3.63, 3.8) is 0 Å². The molecule has 0 saturated heterocycles. The van der Waals surface area contributed by atoms with Gasteiger partial charge < -0.3 is 0 Å². The van der Waals surface area contributed by atoms with Crippen molar-refractivity contribution in [2.75, 3.05) is 18.5 Å². The molecule has 2 aromatic rings. The van der Waals surface area contributed by atoms with Crippen molar-refractivity contribution in [2.24, 2.45) is 4.99 Å². The maximum Gasteiger partial charge on any atom is 0.249 e. The summed E-state index contributed by atoms with van der Waals surface area (Å²) in [5, 5.41) is 6.96. The Labute approximate surface area is 115 Å². The quantitative estimate of drug-likeness (QED) is 0.858. The molecule has 1 amide bonds. The number of rotatable bonds is 1. The first-order valence-corrected chi connectivity index (χ1v) is 6.21. The number of likely N-dealkylation sites (N-methyl/N-ethyl adjacent to an activating group) is 1. The van der Waals surface area contributed by atoms with E-state index >= 15 is 0 Å².